The van der Waals surface area contributed by atoms with Crippen molar-refractivity contribution in [3.63, 3.8) is 0 Å². The Morgan fingerprint density at radius 3 is 1.92 bits per heavy atom. The normalized spacial score (nSPS) is 16.1. The molecule has 0 aromatic heterocycles. The summed E-state index contributed by atoms with van der Waals surface area (Å²) < 4.78 is 68.5. The van der Waals surface area contributed by atoms with Crippen LogP contribution in [0.2, 0.25) is 0 Å². The Hall–Kier alpha value is -4.21. The van der Waals surface area contributed by atoms with E-state index < -0.39 is 23.0 Å². The van der Waals surface area contributed by atoms with Gasteiger partial charge in [-0.15, -0.1) is 13.2 Å². The van der Waals surface area contributed by atoms with Crippen LogP contribution < -0.4 is 25.8 Å². The average molecular weight is 543 g/mol. The quantitative estimate of drug-likeness (QED) is 0.221. The highest BCUT2D eigenvalue weighted by molar-refractivity contribution is 5.79. The van der Waals surface area contributed by atoms with E-state index in [1.54, 1.807) is 24.3 Å². The van der Waals surface area contributed by atoms with Crippen molar-refractivity contribution in [2.75, 3.05) is 23.3 Å². The first-order valence-corrected chi connectivity index (χ1v) is 12.3. The van der Waals surface area contributed by atoms with Gasteiger partial charge in [0.25, 0.3) is 10.9 Å². The highest BCUT2D eigenvalue weighted by atomic mass is 19.4. The first kappa shape index (κ1) is 26.4. The van der Waals surface area contributed by atoms with Crippen molar-refractivity contribution in [3.05, 3.63) is 116 Å². The van der Waals surface area contributed by atoms with Gasteiger partial charge in [0.15, 0.2) is 0 Å². The predicted molar refractivity (Wildman–Crippen MR) is 137 cm³/mol. The first-order valence-electron chi connectivity index (χ1n) is 12.3. The second-order valence-corrected chi connectivity index (χ2v) is 9.51. The van der Waals surface area contributed by atoms with Crippen LogP contribution in [-0.4, -0.2) is 19.5 Å². The van der Waals surface area contributed by atoms with Crippen LogP contribution in [-0.2, 0) is 0 Å². The molecule has 1 heterocycles. The lowest BCUT2D eigenvalue weighted by Gasteiger charge is -2.39. The SMILES string of the molecule is O=c1c(Nc2ccc(OC(F)(F)F)cc2)c(N2CCCC(C(c3ccc(F)cc3)c3ccc(F)cc3)C2)c1=O. The van der Waals surface area contributed by atoms with Gasteiger partial charge < -0.3 is 15.0 Å². The fourth-order valence-electron chi connectivity index (χ4n) is 5.24. The van der Waals surface area contributed by atoms with Gasteiger partial charge in [0.1, 0.15) is 28.8 Å². The van der Waals surface area contributed by atoms with E-state index in [2.05, 4.69) is 10.1 Å². The molecule has 0 bridgehead atoms. The van der Waals surface area contributed by atoms with Gasteiger partial charge in [0.2, 0.25) is 0 Å². The summed E-state index contributed by atoms with van der Waals surface area (Å²) in [7, 11) is 0. The Morgan fingerprint density at radius 2 is 1.38 bits per heavy atom. The number of ether oxygens (including phenoxy) is 1. The van der Waals surface area contributed by atoms with Gasteiger partial charge in [-0.05, 0) is 78.4 Å². The van der Waals surface area contributed by atoms with Gasteiger partial charge in [-0.1, -0.05) is 24.3 Å². The number of rotatable bonds is 7. The van der Waals surface area contributed by atoms with Crippen LogP contribution in [0.25, 0.3) is 0 Å². The van der Waals surface area contributed by atoms with Crippen LogP contribution in [0.4, 0.5) is 39.0 Å². The third kappa shape index (κ3) is 5.79. The molecule has 1 N–H and O–H groups in total. The molecule has 0 radical (unpaired) electrons. The number of nitrogens with one attached hydrogen (secondary N) is 1. The highest BCUT2D eigenvalue weighted by Crippen LogP contribution is 2.39. The zero-order valence-corrected chi connectivity index (χ0v) is 20.5. The molecule has 0 spiro atoms. The van der Waals surface area contributed by atoms with Gasteiger partial charge in [-0.3, -0.25) is 9.59 Å². The molecule has 1 aliphatic heterocycles. The van der Waals surface area contributed by atoms with Crippen LogP contribution in [0.5, 0.6) is 5.75 Å². The molecular formula is C29H23F5N2O3. The number of alkyl halides is 3. The summed E-state index contributed by atoms with van der Waals surface area (Å²) in [6, 6.07) is 17.1. The van der Waals surface area contributed by atoms with E-state index in [1.165, 1.54) is 36.4 Å². The molecule has 1 fully saturated rings. The maximum atomic E-state index is 13.7. The number of hydrogen-bond acceptors (Lipinski definition) is 5. The minimum absolute atomic E-state index is 0.0364. The Morgan fingerprint density at radius 1 is 0.821 bits per heavy atom. The lowest BCUT2D eigenvalue weighted by atomic mass is 9.76. The molecule has 39 heavy (non-hydrogen) atoms. The zero-order valence-electron chi connectivity index (χ0n) is 20.5. The van der Waals surface area contributed by atoms with E-state index in [9.17, 15) is 31.5 Å². The van der Waals surface area contributed by atoms with Crippen molar-refractivity contribution in [3.8, 4) is 5.75 Å². The second kappa shape index (κ2) is 10.5. The van der Waals surface area contributed by atoms with Crippen LogP contribution >= 0.6 is 0 Å². The van der Waals surface area contributed by atoms with Crippen LogP contribution in [0, 0.1) is 17.6 Å². The fraction of sp³-hybridized carbons (Fsp3) is 0.241. The first-order chi connectivity index (χ1) is 18.6. The number of hydrogen-bond donors (Lipinski definition) is 1. The van der Waals surface area contributed by atoms with Gasteiger partial charge in [-0.25, -0.2) is 8.78 Å². The van der Waals surface area contributed by atoms with E-state index in [0.717, 1.165) is 29.7 Å². The Bertz CT molecular complexity index is 1460. The minimum Gasteiger partial charge on any atom is -0.406 e. The highest BCUT2D eigenvalue weighted by Gasteiger charge is 2.34. The van der Waals surface area contributed by atoms with Gasteiger partial charge in [-0.2, -0.15) is 0 Å². The lowest BCUT2D eigenvalue weighted by molar-refractivity contribution is -0.274. The van der Waals surface area contributed by atoms with Crippen molar-refractivity contribution in [1.29, 1.82) is 0 Å². The summed E-state index contributed by atoms with van der Waals surface area (Å²) >= 11 is 0. The molecule has 1 atom stereocenters. The van der Waals surface area contributed by atoms with Crippen molar-refractivity contribution < 1.29 is 26.7 Å². The molecule has 0 aliphatic carbocycles. The largest absolute Gasteiger partial charge is 0.573 e. The summed E-state index contributed by atoms with van der Waals surface area (Å²) in [4.78, 5) is 26.9. The van der Waals surface area contributed by atoms with Crippen molar-refractivity contribution in [2.24, 2.45) is 5.92 Å². The summed E-state index contributed by atoms with van der Waals surface area (Å²) in [6.45, 7) is 0.936. The third-order valence-electron chi connectivity index (χ3n) is 6.95. The van der Waals surface area contributed by atoms with E-state index in [-0.39, 0.29) is 34.8 Å². The van der Waals surface area contributed by atoms with Crippen LogP contribution in [0.1, 0.15) is 29.9 Å². The topological polar surface area (TPSA) is 58.6 Å². The maximum absolute atomic E-state index is 13.7. The van der Waals surface area contributed by atoms with Gasteiger partial charge >= 0.3 is 6.36 Å². The van der Waals surface area contributed by atoms with E-state index >= 15 is 0 Å². The zero-order chi connectivity index (χ0) is 27.7. The Kier molecular flexibility index (Phi) is 7.12. The second-order valence-electron chi connectivity index (χ2n) is 9.51. The predicted octanol–water partition coefficient (Wildman–Crippen LogP) is 6.25. The number of benzene rings is 3. The molecular weight excluding hydrogens is 519 g/mol. The molecule has 1 aliphatic rings. The molecule has 10 heteroatoms. The van der Waals surface area contributed by atoms with Gasteiger partial charge in [0, 0.05) is 24.7 Å². The monoisotopic (exact) mass is 542 g/mol. The molecule has 0 amide bonds. The average Bonchev–Trinajstić information content (AvgIpc) is 2.91. The number of nitrogens with zero attached hydrogens (tertiary/aromatic N) is 1. The number of piperidine rings is 1. The van der Waals surface area contributed by atoms with Crippen LogP contribution in [0.3, 0.4) is 0 Å². The van der Waals surface area contributed by atoms with Crippen molar-refractivity contribution in [1.82, 2.24) is 0 Å². The van der Waals surface area contributed by atoms with E-state index in [1.807, 2.05) is 4.90 Å². The molecule has 4 aromatic carbocycles. The molecule has 5 nitrogen and oxygen atoms in total. The summed E-state index contributed by atoms with van der Waals surface area (Å²) in [5.74, 6) is -1.41. The van der Waals surface area contributed by atoms with Crippen LogP contribution in [0.15, 0.2) is 82.4 Å². The molecule has 4 aromatic rings. The Balaban J connectivity index is 1.40. The molecule has 1 saturated heterocycles. The molecule has 202 valence electrons. The molecule has 1 unspecified atom stereocenters. The smallest absolute Gasteiger partial charge is 0.406 e. The standard InChI is InChI=1S/C29H23F5N2O3/c30-20-7-3-17(4-8-20)24(18-5-9-21(31)10-6-18)19-2-1-15-36(16-19)26-25(27(37)28(26)38)35-22-11-13-23(14-12-22)39-29(32,33)34/h3-14,19,24,35H,1-2,15-16H2. The van der Waals surface area contributed by atoms with E-state index in [4.69, 9.17) is 0 Å². The van der Waals surface area contributed by atoms with Gasteiger partial charge in [0.05, 0.1) is 0 Å². The number of anilines is 3. The minimum atomic E-state index is -4.83. The van der Waals surface area contributed by atoms with E-state index in [0.29, 0.717) is 25.2 Å². The summed E-state index contributed by atoms with van der Waals surface area (Å²) in [6.07, 6.45) is -3.33. The third-order valence-corrected chi connectivity index (χ3v) is 6.95. The Labute approximate surface area is 220 Å². The number of halogens is 5. The van der Waals surface area contributed by atoms with Crippen molar-refractivity contribution >= 4 is 17.1 Å². The fourth-order valence-corrected chi connectivity index (χ4v) is 5.24. The summed E-state index contributed by atoms with van der Waals surface area (Å²) in [5.41, 5.74) is 0.954. The summed E-state index contributed by atoms with van der Waals surface area (Å²) in [5, 5.41) is 2.86. The van der Waals surface area contributed by atoms with Crippen molar-refractivity contribution in [2.45, 2.75) is 25.1 Å². The lowest BCUT2D eigenvalue weighted by Crippen LogP contribution is -2.47. The molecule has 5 rings (SSSR count). The maximum Gasteiger partial charge on any atom is 0.573 e. The molecule has 0 saturated carbocycles.